The van der Waals surface area contributed by atoms with E-state index in [1.807, 2.05) is 24.3 Å². The summed E-state index contributed by atoms with van der Waals surface area (Å²) in [6.45, 7) is 5.05. The Hall–Kier alpha value is -1.75. The predicted molar refractivity (Wildman–Crippen MR) is 96.4 cm³/mol. The van der Waals surface area contributed by atoms with Crippen LogP contribution in [-0.4, -0.2) is 62.2 Å². The number of nitrogens with zero attached hydrogens (tertiary/aromatic N) is 3. The third-order valence-corrected chi connectivity index (χ3v) is 3.14. The molecule has 4 heteroatoms. The number of ether oxygens (including phenoxy) is 1. The van der Waals surface area contributed by atoms with Gasteiger partial charge in [-0.2, -0.15) is 0 Å². The Balaban J connectivity index is 0.000000179. The zero-order chi connectivity index (χ0) is 16.8. The minimum atomic E-state index is 0.913. The summed E-state index contributed by atoms with van der Waals surface area (Å²) in [5.74, 6) is 0. The highest BCUT2D eigenvalue weighted by Crippen LogP contribution is 1.99. The van der Waals surface area contributed by atoms with Crippen molar-refractivity contribution >= 4 is 0 Å². The molecule has 0 bridgehead atoms. The lowest BCUT2D eigenvalue weighted by atomic mass is 10.2. The molecule has 23 heavy (non-hydrogen) atoms. The molecule has 2 aromatic rings. The summed E-state index contributed by atoms with van der Waals surface area (Å²) in [6, 6.07) is 16.2. The van der Waals surface area contributed by atoms with E-state index in [1.54, 1.807) is 12.4 Å². The summed E-state index contributed by atoms with van der Waals surface area (Å²) in [7, 11) is 6.27. The molecule has 2 heterocycles. The second-order valence-corrected chi connectivity index (χ2v) is 5.66. The fourth-order valence-corrected chi connectivity index (χ4v) is 1.92. The summed E-state index contributed by atoms with van der Waals surface area (Å²) in [6.07, 6.45) is 3.50. The van der Waals surface area contributed by atoms with Crippen LogP contribution in [0.3, 0.4) is 0 Å². The summed E-state index contributed by atoms with van der Waals surface area (Å²) in [5, 5.41) is 0. The van der Waals surface area contributed by atoms with E-state index in [-0.39, 0.29) is 0 Å². The summed E-state index contributed by atoms with van der Waals surface area (Å²) >= 11 is 0. The number of pyridine rings is 1. The van der Waals surface area contributed by atoms with Crippen LogP contribution in [0.4, 0.5) is 0 Å². The molecular weight excluding hydrogens is 286 g/mol. The molecule has 126 valence electrons. The van der Waals surface area contributed by atoms with Crippen molar-refractivity contribution in [3.8, 4) is 0 Å². The highest BCUT2D eigenvalue weighted by atomic mass is 16.5. The molecule has 4 nitrogen and oxygen atoms in total. The maximum atomic E-state index is 5.10. The fourth-order valence-electron chi connectivity index (χ4n) is 1.92. The highest BCUT2D eigenvalue weighted by Gasteiger charge is 2.02. The molecule has 0 radical (unpaired) electrons. The van der Waals surface area contributed by atoms with Gasteiger partial charge in [-0.1, -0.05) is 36.4 Å². The Labute approximate surface area is 140 Å². The van der Waals surface area contributed by atoms with Gasteiger partial charge < -0.3 is 14.5 Å². The molecule has 1 saturated heterocycles. The van der Waals surface area contributed by atoms with E-state index in [2.05, 4.69) is 60.2 Å². The van der Waals surface area contributed by atoms with Crippen molar-refractivity contribution in [1.82, 2.24) is 14.8 Å². The second-order valence-electron chi connectivity index (χ2n) is 5.66. The van der Waals surface area contributed by atoms with Gasteiger partial charge in [0, 0.05) is 32.0 Å². The fraction of sp³-hybridized carbons (Fsp3) is 0.421. The minimum Gasteiger partial charge on any atom is -0.379 e. The number of aromatic nitrogens is 1. The van der Waals surface area contributed by atoms with Crippen molar-refractivity contribution in [3.63, 3.8) is 0 Å². The Morgan fingerprint density at radius 1 is 0.957 bits per heavy atom. The van der Waals surface area contributed by atoms with Gasteiger partial charge in [-0.05, 0) is 38.8 Å². The molecule has 1 aromatic carbocycles. The molecule has 0 unspecified atom stereocenters. The summed E-state index contributed by atoms with van der Waals surface area (Å²) in [5.41, 5.74) is 1.37. The van der Waals surface area contributed by atoms with Crippen LogP contribution in [0.15, 0.2) is 60.9 Å². The SMILES string of the molecule is CN(C)Cc1ccccc1.CN1CCOCC1.c1ccncc1. The van der Waals surface area contributed by atoms with E-state index in [4.69, 9.17) is 4.74 Å². The average molecular weight is 315 g/mol. The van der Waals surface area contributed by atoms with E-state index in [9.17, 15) is 0 Å². The lowest BCUT2D eigenvalue weighted by molar-refractivity contribution is 0.0503. The molecule has 3 rings (SSSR count). The molecule has 0 N–H and O–H groups in total. The number of rotatable bonds is 2. The van der Waals surface area contributed by atoms with Crippen LogP contribution in [-0.2, 0) is 11.3 Å². The molecule has 0 saturated carbocycles. The van der Waals surface area contributed by atoms with E-state index in [1.165, 1.54) is 5.56 Å². The first-order valence-corrected chi connectivity index (χ1v) is 7.98. The van der Waals surface area contributed by atoms with Crippen LogP contribution in [0.2, 0.25) is 0 Å². The topological polar surface area (TPSA) is 28.6 Å². The molecular formula is C19H29N3O. The molecule has 0 aliphatic carbocycles. The zero-order valence-corrected chi connectivity index (χ0v) is 14.6. The van der Waals surface area contributed by atoms with Gasteiger partial charge in [-0.15, -0.1) is 0 Å². The average Bonchev–Trinajstić information content (AvgIpc) is 2.59. The van der Waals surface area contributed by atoms with Gasteiger partial charge in [0.25, 0.3) is 0 Å². The quantitative estimate of drug-likeness (QED) is 0.852. The Morgan fingerprint density at radius 3 is 1.87 bits per heavy atom. The van der Waals surface area contributed by atoms with Crippen LogP contribution in [0, 0.1) is 0 Å². The van der Waals surface area contributed by atoms with Crippen molar-refractivity contribution in [3.05, 3.63) is 66.5 Å². The number of hydrogen-bond donors (Lipinski definition) is 0. The van der Waals surface area contributed by atoms with Crippen LogP contribution in [0.1, 0.15) is 5.56 Å². The smallest absolute Gasteiger partial charge is 0.0594 e. The third kappa shape index (κ3) is 11.5. The van der Waals surface area contributed by atoms with Crippen LogP contribution < -0.4 is 0 Å². The molecule has 1 aromatic heterocycles. The van der Waals surface area contributed by atoms with E-state index < -0.39 is 0 Å². The highest BCUT2D eigenvalue weighted by molar-refractivity contribution is 5.14. The first kappa shape index (κ1) is 19.3. The zero-order valence-electron chi connectivity index (χ0n) is 14.6. The second kappa shape index (κ2) is 12.8. The maximum absolute atomic E-state index is 5.10. The molecule has 0 atom stereocenters. The minimum absolute atomic E-state index is 0.913. The van der Waals surface area contributed by atoms with E-state index >= 15 is 0 Å². The van der Waals surface area contributed by atoms with Gasteiger partial charge in [-0.3, -0.25) is 4.98 Å². The number of benzene rings is 1. The number of likely N-dealkylation sites (N-methyl/N-ethyl adjacent to an activating group) is 1. The van der Waals surface area contributed by atoms with Crippen LogP contribution in [0.5, 0.6) is 0 Å². The number of hydrogen-bond acceptors (Lipinski definition) is 4. The van der Waals surface area contributed by atoms with Gasteiger partial charge in [-0.25, -0.2) is 0 Å². The van der Waals surface area contributed by atoms with Crippen LogP contribution >= 0.6 is 0 Å². The Bertz CT molecular complexity index is 444. The van der Waals surface area contributed by atoms with E-state index in [0.29, 0.717) is 0 Å². The van der Waals surface area contributed by atoms with Gasteiger partial charge >= 0.3 is 0 Å². The van der Waals surface area contributed by atoms with Crippen molar-refractivity contribution in [2.24, 2.45) is 0 Å². The molecule has 0 amide bonds. The lowest BCUT2D eigenvalue weighted by Crippen LogP contribution is -2.32. The van der Waals surface area contributed by atoms with Gasteiger partial charge in [0.15, 0.2) is 0 Å². The first-order valence-electron chi connectivity index (χ1n) is 7.98. The summed E-state index contributed by atoms with van der Waals surface area (Å²) < 4.78 is 5.10. The first-order chi connectivity index (χ1) is 11.2. The molecule has 1 aliphatic rings. The maximum Gasteiger partial charge on any atom is 0.0594 e. The Morgan fingerprint density at radius 2 is 1.52 bits per heavy atom. The van der Waals surface area contributed by atoms with Crippen molar-refractivity contribution in [2.45, 2.75) is 6.54 Å². The summed E-state index contributed by atoms with van der Waals surface area (Å²) in [4.78, 5) is 8.21. The van der Waals surface area contributed by atoms with Gasteiger partial charge in [0.05, 0.1) is 13.2 Å². The van der Waals surface area contributed by atoms with E-state index in [0.717, 1.165) is 32.8 Å². The molecule has 1 aliphatic heterocycles. The Kier molecular flexibility index (Phi) is 10.7. The van der Waals surface area contributed by atoms with Crippen molar-refractivity contribution in [1.29, 1.82) is 0 Å². The largest absolute Gasteiger partial charge is 0.379 e. The monoisotopic (exact) mass is 315 g/mol. The standard InChI is InChI=1S/C9H13N.C5H11NO.C5H5N/c1-10(2)8-9-6-4-3-5-7-9;1-6-2-4-7-5-3-6;1-2-4-6-5-3-1/h3-7H,8H2,1-2H3;2-5H2,1H3;1-5H. The third-order valence-electron chi connectivity index (χ3n) is 3.14. The number of morpholine rings is 1. The van der Waals surface area contributed by atoms with Crippen LogP contribution in [0.25, 0.3) is 0 Å². The predicted octanol–water partition coefficient (Wildman–Crippen LogP) is 2.78. The van der Waals surface area contributed by atoms with Crippen molar-refractivity contribution in [2.75, 3.05) is 47.4 Å². The molecule has 1 fully saturated rings. The van der Waals surface area contributed by atoms with Crippen molar-refractivity contribution < 1.29 is 4.74 Å². The normalized spacial score (nSPS) is 14.3. The molecule has 0 spiro atoms. The van der Waals surface area contributed by atoms with Gasteiger partial charge in [0.2, 0.25) is 0 Å². The lowest BCUT2D eigenvalue weighted by Gasteiger charge is -2.21. The van der Waals surface area contributed by atoms with Gasteiger partial charge in [0.1, 0.15) is 0 Å².